The lowest BCUT2D eigenvalue weighted by Crippen LogP contribution is -2.32. The number of anilines is 1. The summed E-state index contributed by atoms with van der Waals surface area (Å²) >= 11 is 7.66. The molecule has 33 heavy (non-hydrogen) atoms. The van der Waals surface area contributed by atoms with Gasteiger partial charge >= 0.3 is 0 Å². The molecule has 5 rings (SSSR count). The van der Waals surface area contributed by atoms with Gasteiger partial charge < -0.3 is 9.13 Å². The van der Waals surface area contributed by atoms with Crippen molar-refractivity contribution in [3.05, 3.63) is 86.0 Å². The largest absolute Gasteiger partial charge is 0.321 e. The van der Waals surface area contributed by atoms with Gasteiger partial charge in [-0.15, -0.1) is 11.3 Å². The van der Waals surface area contributed by atoms with Crippen LogP contribution in [0.1, 0.15) is 53.2 Å². The van der Waals surface area contributed by atoms with Crippen LogP contribution in [0.2, 0.25) is 5.02 Å². The number of aryl methyl sites for hydroxylation is 2. The molecule has 0 aliphatic carbocycles. The quantitative estimate of drug-likeness (QED) is 0.413. The summed E-state index contributed by atoms with van der Waals surface area (Å²) in [6, 6.07) is 8.88. The molecule has 3 aromatic heterocycles. The van der Waals surface area contributed by atoms with Gasteiger partial charge in [0.1, 0.15) is 6.04 Å². The van der Waals surface area contributed by atoms with Crippen LogP contribution in [0.4, 0.5) is 5.69 Å². The number of amides is 1. The summed E-state index contributed by atoms with van der Waals surface area (Å²) in [5, 5.41) is 3.29. The first kappa shape index (κ1) is 21.6. The fraction of sp³-hybridized carbons (Fsp3) is 0.250. The summed E-state index contributed by atoms with van der Waals surface area (Å²) in [7, 11) is 1.69. The van der Waals surface area contributed by atoms with E-state index in [1.165, 1.54) is 15.9 Å². The van der Waals surface area contributed by atoms with Gasteiger partial charge in [-0.05, 0) is 44.5 Å². The topological polar surface area (TPSA) is 73.0 Å². The van der Waals surface area contributed by atoms with E-state index in [0.29, 0.717) is 27.8 Å². The molecular formula is C24H22ClN5O2S. The second-order valence-corrected chi connectivity index (χ2v) is 9.73. The van der Waals surface area contributed by atoms with Gasteiger partial charge in [0, 0.05) is 41.4 Å². The lowest BCUT2D eigenvalue weighted by Gasteiger charge is -2.28. The molecular weight excluding hydrogens is 458 g/mol. The molecule has 0 radical (unpaired) electrons. The number of carbonyl (C=O) groups excluding carboxylic acids is 1. The van der Waals surface area contributed by atoms with Crippen molar-refractivity contribution < 1.29 is 4.79 Å². The molecule has 9 heteroatoms. The molecule has 4 aromatic rings. The molecule has 4 heterocycles. The SMILES string of the molecule is Cc1cc(N2C(=O)c3nc(-c4nccs4)n(C(C)C)c3[C@H]2c2ccc(Cl)cc2)cn(C)c1=O. The molecule has 1 aromatic carbocycles. The number of imidazole rings is 1. The highest BCUT2D eigenvalue weighted by Crippen LogP contribution is 2.44. The Morgan fingerprint density at radius 3 is 2.48 bits per heavy atom. The number of nitrogens with zero attached hydrogens (tertiary/aromatic N) is 5. The number of rotatable bonds is 4. The summed E-state index contributed by atoms with van der Waals surface area (Å²) in [6.45, 7) is 5.90. The number of halogens is 1. The number of carbonyl (C=O) groups is 1. The highest BCUT2D eigenvalue weighted by Gasteiger charge is 2.45. The van der Waals surface area contributed by atoms with Gasteiger partial charge in [-0.3, -0.25) is 14.5 Å². The van der Waals surface area contributed by atoms with Crippen molar-refractivity contribution in [2.75, 3.05) is 4.90 Å². The van der Waals surface area contributed by atoms with E-state index < -0.39 is 6.04 Å². The molecule has 7 nitrogen and oxygen atoms in total. The van der Waals surface area contributed by atoms with Gasteiger partial charge in [0.05, 0.1) is 11.4 Å². The molecule has 1 aliphatic heterocycles. The molecule has 0 spiro atoms. The first-order valence-corrected chi connectivity index (χ1v) is 11.8. The number of aromatic nitrogens is 4. The maximum atomic E-state index is 13.8. The lowest BCUT2D eigenvalue weighted by atomic mass is 10.0. The normalized spacial score (nSPS) is 15.5. The molecule has 0 unspecified atom stereocenters. The summed E-state index contributed by atoms with van der Waals surface area (Å²) < 4.78 is 3.60. The Morgan fingerprint density at radius 1 is 1.15 bits per heavy atom. The van der Waals surface area contributed by atoms with Crippen LogP contribution >= 0.6 is 22.9 Å². The van der Waals surface area contributed by atoms with Crippen LogP contribution in [-0.4, -0.2) is 25.0 Å². The lowest BCUT2D eigenvalue weighted by molar-refractivity contribution is 0.0989. The van der Waals surface area contributed by atoms with E-state index in [1.807, 2.05) is 29.6 Å². The van der Waals surface area contributed by atoms with Crippen molar-refractivity contribution in [3.8, 4) is 10.8 Å². The standard InChI is InChI=1S/C24H22ClN5O2S/c1-13(2)29-20-18(27-21(29)22-26-9-10-33-22)24(32)30(17-11-14(3)23(31)28(4)12-17)19(20)15-5-7-16(25)8-6-15/h5-13,19H,1-4H3/t19-/m1/s1. The van der Waals surface area contributed by atoms with E-state index in [-0.39, 0.29) is 17.5 Å². The predicted molar refractivity (Wildman–Crippen MR) is 130 cm³/mol. The van der Waals surface area contributed by atoms with Crippen molar-refractivity contribution in [2.45, 2.75) is 32.9 Å². The Balaban J connectivity index is 1.79. The van der Waals surface area contributed by atoms with Gasteiger partial charge in [0.2, 0.25) is 0 Å². The van der Waals surface area contributed by atoms with Crippen molar-refractivity contribution in [1.29, 1.82) is 0 Å². The van der Waals surface area contributed by atoms with Crippen LogP contribution in [0, 0.1) is 6.92 Å². The fourth-order valence-electron chi connectivity index (χ4n) is 4.43. The maximum Gasteiger partial charge on any atom is 0.279 e. The number of fused-ring (bicyclic) bond motifs is 1. The Labute approximate surface area is 199 Å². The van der Waals surface area contributed by atoms with Crippen LogP contribution in [-0.2, 0) is 7.05 Å². The molecule has 1 atom stereocenters. The van der Waals surface area contributed by atoms with Crippen molar-refractivity contribution in [2.24, 2.45) is 7.05 Å². The Hall–Kier alpha value is -3.23. The van der Waals surface area contributed by atoms with Crippen LogP contribution in [0.3, 0.4) is 0 Å². The van der Waals surface area contributed by atoms with E-state index in [0.717, 1.165) is 16.3 Å². The molecule has 0 fully saturated rings. The minimum atomic E-state index is -0.426. The zero-order chi connectivity index (χ0) is 23.4. The van der Waals surface area contributed by atoms with Crippen LogP contribution in [0.5, 0.6) is 0 Å². The Kier molecular flexibility index (Phi) is 5.22. The second kappa shape index (κ2) is 7.97. The number of benzene rings is 1. The number of thiazole rings is 1. The number of pyridine rings is 1. The summed E-state index contributed by atoms with van der Waals surface area (Å²) in [5.41, 5.74) is 3.24. The highest BCUT2D eigenvalue weighted by molar-refractivity contribution is 7.13. The molecule has 1 amide bonds. The predicted octanol–water partition coefficient (Wildman–Crippen LogP) is 5.00. The van der Waals surface area contributed by atoms with Crippen molar-refractivity contribution in [3.63, 3.8) is 0 Å². The van der Waals surface area contributed by atoms with E-state index in [2.05, 4.69) is 23.4 Å². The zero-order valence-corrected chi connectivity index (χ0v) is 20.2. The van der Waals surface area contributed by atoms with E-state index in [1.54, 1.807) is 37.3 Å². The first-order chi connectivity index (χ1) is 15.8. The van der Waals surface area contributed by atoms with Crippen LogP contribution < -0.4 is 10.5 Å². The van der Waals surface area contributed by atoms with Gasteiger partial charge in [-0.1, -0.05) is 23.7 Å². The van der Waals surface area contributed by atoms with E-state index in [9.17, 15) is 9.59 Å². The third-order valence-electron chi connectivity index (χ3n) is 5.84. The third kappa shape index (κ3) is 3.41. The van der Waals surface area contributed by atoms with E-state index in [4.69, 9.17) is 16.6 Å². The molecule has 0 saturated carbocycles. The summed E-state index contributed by atoms with van der Waals surface area (Å²) in [6.07, 6.45) is 3.44. The van der Waals surface area contributed by atoms with Crippen LogP contribution in [0.15, 0.2) is 52.9 Å². The van der Waals surface area contributed by atoms with Gasteiger partial charge in [0.15, 0.2) is 16.5 Å². The Bertz CT molecular complexity index is 1390. The van der Waals surface area contributed by atoms with Gasteiger partial charge in [-0.25, -0.2) is 9.97 Å². The van der Waals surface area contributed by atoms with E-state index >= 15 is 0 Å². The molecule has 0 N–H and O–H groups in total. The molecule has 1 aliphatic rings. The number of hydrogen-bond acceptors (Lipinski definition) is 5. The van der Waals surface area contributed by atoms with Gasteiger partial charge in [-0.2, -0.15) is 0 Å². The zero-order valence-electron chi connectivity index (χ0n) is 18.6. The van der Waals surface area contributed by atoms with Crippen molar-refractivity contribution >= 4 is 34.5 Å². The molecule has 0 bridgehead atoms. The monoisotopic (exact) mass is 479 g/mol. The maximum absolute atomic E-state index is 13.8. The smallest absolute Gasteiger partial charge is 0.279 e. The number of hydrogen-bond donors (Lipinski definition) is 0. The fourth-order valence-corrected chi connectivity index (χ4v) is 5.18. The highest BCUT2D eigenvalue weighted by atomic mass is 35.5. The van der Waals surface area contributed by atoms with Crippen LogP contribution in [0.25, 0.3) is 10.8 Å². The van der Waals surface area contributed by atoms with Crippen molar-refractivity contribution in [1.82, 2.24) is 19.1 Å². The minimum absolute atomic E-state index is 0.0459. The Morgan fingerprint density at radius 2 is 1.88 bits per heavy atom. The molecule has 0 saturated heterocycles. The first-order valence-electron chi connectivity index (χ1n) is 10.6. The summed E-state index contributed by atoms with van der Waals surface area (Å²) in [4.78, 5) is 37.1. The molecule has 168 valence electrons. The average Bonchev–Trinajstić information content (AvgIpc) is 3.48. The third-order valence-corrected chi connectivity index (χ3v) is 6.86. The van der Waals surface area contributed by atoms with Gasteiger partial charge in [0.25, 0.3) is 11.5 Å². The minimum Gasteiger partial charge on any atom is -0.321 e. The summed E-state index contributed by atoms with van der Waals surface area (Å²) in [5.74, 6) is 0.480. The second-order valence-electron chi connectivity index (χ2n) is 8.40. The average molecular weight is 480 g/mol.